The van der Waals surface area contributed by atoms with Crippen molar-refractivity contribution < 1.29 is 9.84 Å². The smallest absolute Gasteiger partial charge is 0.261 e. The Bertz CT molecular complexity index is 1570. The van der Waals surface area contributed by atoms with Crippen molar-refractivity contribution in [3.05, 3.63) is 111 Å². The van der Waals surface area contributed by atoms with Gasteiger partial charge in [-0.2, -0.15) is 5.26 Å². The molecule has 0 atom stereocenters. The summed E-state index contributed by atoms with van der Waals surface area (Å²) in [5, 5.41) is 19.2. The minimum Gasteiger partial charge on any atom is -0.485 e. The van der Waals surface area contributed by atoms with Crippen LogP contribution in [0.3, 0.4) is 0 Å². The molecule has 1 heterocycles. The van der Waals surface area contributed by atoms with Gasteiger partial charge in [-0.25, -0.2) is 4.98 Å². The van der Waals surface area contributed by atoms with E-state index in [1.807, 2.05) is 79.7 Å². The van der Waals surface area contributed by atoms with Crippen molar-refractivity contribution in [1.82, 2.24) is 9.55 Å². The van der Waals surface area contributed by atoms with Crippen molar-refractivity contribution in [1.29, 1.82) is 5.26 Å². The molecule has 5 rings (SSSR count). The van der Waals surface area contributed by atoms with Crippen LogP contribution in [0.4, 0.5) is 0 Å². The van der Waals surface area contributed by atoms with Gasteiger partial charge in [-0.15, -0.1) is 0 Å². The van der Waals surface area contributed by atoms with Crippen LogP contribution in [0.5, 0.6) is 5.75 Å². The molecule has 1 aliphatic carbocycles. The van der Waals surface area contributed by atoms with Crippen LogP contribution in [-0.2, 0) is 19.3 Å². The Hall–Kier alpha value is -4.21. The maximum atomic E-state index is 14.1. The fourth-order valence-electron chi connectivity index (χ4n) is 5.39. The number of aliphatic hydroxyl groups is 1. The van der Waals surface area contributed by atoms with E-state index >= 15 is 0 Å². The lowest BCUT2D eigenvalue weighted by molar-refractivity contribution is -0.0515. The van der Waals surface area contributed by atoms with Gasteiger partial charge in [0, 0.05) is 18.4 Å². The molecule has 0 amide bonds. The summed E-state index contributed by atoms with van der Waals surface area (Å²) in [6.07, 6.45) is 5.50. The number of aliphatic hydroxyl groups excluding tert-OH is 1. The second-order valence-corrected chi connectivity index (χ2v) is 10.5. The average Bonchev–Trinajstić information content (AvgIpc) is 2.97. The molecule has 1 aliphatic rings. The molecule has 1 saturated carbocycles. The van der Waals surface area contributed by atoms with Crippen LogP contribution >= 0.6 is 0 Å². The Morgan fingerprint density at radius 3 is 2.35 bits per heavy atom. The largest absolute Gasteiger partial charge is 0.485 e. The maximum Gasteiger partial charge on any atom is 0.261 e. The Labute approximate surface area is 235 Å². The first-order valence-electron chi connectivity index (χ1n) is 14.1. The van der Waals surface area contributed by atoms with Gasteiger partial charge < -0.3 is 9.84 Å². The molecule has 0 saturated heterocycles. The van der Waals surface area contributed by atoms with Crippen LogP contribution in [0.25, 0.3) is 16.8 Å². The predicted octanol–water partition coefficient (Wildman–Crippen LogP) is 6.17. The first-order valence-corrected chi connectivity index (χ1v) is 14.1. The Kier molecular flexibility index (Phi) is 8.14. The van der Waals surface area contributed by atoms with E-state index in [2.05, 4.69) is 13.0 Å². The minimum atomic E-state index is -0.476. The Morgan fingerprint density at radius 2 is 1.75 bits per heavy atom. The van der Waals surface area contributed by atoms with E-state index in [4.69, 9.17) is 9.72 Å². The van der Waals surface area contributed by atoms with Crippen LogP contribution in [0, 0.1) is 11.3 Å². The minimum absolute atomic E-state index is 0.00613. The van der Waals surface area contributed by atoms with E-state index in [9.17, 15) is 15.2 Å². The second-order valence-electron chi connectivity index (χ2n) is 10.5. The van der Waals surface area contributed by atoms with Gasteiger partial charge >= 0.3 is 0 Å². The van der Waals surface area contributed by atoms with Crippen molar-refractivity contribution >= 4 is 0 Å². The summed E-state index contributed by atoms with van der Waals surface area (Å²) >= 11 is 0. The lowest BCUT2D eigenvalue weighted by Gasteiger charge is -2.40. The van der Waals surface area contributed by atoms with E-state index < -0.39 is 5.60 Å². The molecule has 0 unspecified atom stereocenters. The number of hydrogen-bond acceptors (Lipinski definition) is 5. The monoisotopic (exact) mass is 533 g/mol. The summed E-state index contributed by atoms with van der Waals surface area (Å²) in [4.78, 5) is 19.0. The molecule has 0 spiro atoms. The summed E-state index contributed by atoms with van der Waals surface area (Å²) in [7, 11) is 0. The van der Waals surface area contributed by atoms with E-state index in [1.165, 1.54) is 0 Å². The number of nitriles is 1. The molecule has 6 nitrogen and oxygen atoms in total. The zero-order valence-electron chi connectivity index (χ0n) is 23.2. The fraction of sp³-hybridized carbons (Fsp3) is 0.324. The molecular formula is C34H35N3O3. The summed E-state index contributed by atoms with van der Waals surface area (Å²) in [6.45, 7) is 4.13. The standard InChI is InChI=1S/C34H35N3O3/c1-3-8-31-30(21-24-11-13-25(14-12-24)29-10-6-5-9-26(29)22-35)33(39)37(32(4-2)36-31)27-15-17-28(18-16-27)40-34(23-38)19-7-20-34/h5-6,9-18,38H,3-4,7-8,19-21,23H2,1-2H3. The van der Waals surface area contributed by atoms with Gasteiger partial charge in [0.25, 0.3) is 5.56 Å². The summed E-state index contributed by atoms with van der Waals surface area (Å²) < 4.78 is 7.83. The molecule has 1 aromatic heterocycles. The number of aromatic nitrogens is 2. The number of aryl methyl sites for hydroxylation is 2. The lowest BCUT2D eigenvalue weighted by atomic mass is 9.80. The van der Waals surface area contributed by atoms with Crippen LogP contribution < -0.4 is 10.3 Å². The van der Waals surface area contributed by atoms with Crippen molar-refractivity contribution in [2.45, 2.75) is 64.4 Å². The Balaban J connectivity index is 1.48. The van der Waals surface area contributed by atoms with E-state index in [1.54, 1.807) is 4.57 Å². The van der Waals surface area contributed by atoms with Crippen LogP contribution in [0.2, 0.25) is 0 Å². The molecule has 1 fully saturated rings. The third kappa shape index (κ3) is 5.43. The highest BCUT2D eigenvalue weighted by molar-refractivity contribution is 5.70. The highest BCUT2D eigenvalue weighted by atomic mass is 16.5. The van der Waals surface area contributed by atoms with Crippen LogP contribution in [-0.4, -0.2) is 26.9 Å². The summed E-state index contributed by atoms with van der Waals surface area (Å²) in [6, 6.07) is 25.4. The van der Waals surface area contributed by atoms with Crippen molar-refractivity contribution in [2.24, 2.45) is 0 Å². The number of hydrogen-bond donors (Lipinski definition) is 1. The molecule has 3 aromatic carbocycles. The van der Waals surface area contributed by atoms with E-state index in [-0.39, 0.29) is 12.2 Å². The van der Waals surface area contributed by atoms with Gasteiger partial charge in [0.05, 0.1) is 29.6 Å². The van der Waals surface area contributed by atoms with Gasteiger partial charge in [0.1, 0.15) is 17.2 Å². The first-order chi connectivity index (χ1) is 19.5. The lowest BCUT2D eigenvalue weighted by Crippen LogP contribution is -2.46. The normalized spacial score (nSPS) is 13.8. The molecule has 1 N–H and O–H groups in total. The topological polar surface area (TPSA) is 88.1 Å². The molecule has 204 valence electrons. The third-order valence-electron chi connectivity index (χ3n) is 7.81. The number of ether oxygens (including phenoxy) is 1. The van der Waals surface area contributed by atoms with Gasteiger partial charge in [-0.05, 0) is 72.7 Å². The van der Waals surface area contributed by atoms with E-state index in [0.29, 0.717) is 29.7 Å². The second kappa shape index (κ2) is 11.9. The SMILES string of the molecule is CCCc1nc(CC)n(-c2ccc(OC3(CO)CCC3)cc2)c(=O)c1Cc1ccc(-c2ccccc2C#N)cc1. The van der Waals surface area contributed by atoms with Crippen LogP contribution in [0.1, 0.15) is 67.7 Å². The zero-order chi connectivity index (χ0) is 28.1. The predicted molar refractivity (Wildman–Crippen MR) is 157 cm³/mol. The molecule has 4 aromatic rings. The quantitative estimate of drug-likeness (QED) is 0.263. The van der Waals surface area contributed by atoms with Gasteiger partial charge in [-0.1, -0.05) is 62.7 Å². The third-order valence-corrected chi connectivity index (χ3v) is 7.81. The molecule has 0 radical (unpaired) electrons. The van der Waals surface area contributed by atoms with Crippen molar-refractivity contribution in [3.63, 3.8) is 0 Å². The Morgan fingerprint density at radius 1 is 1.02 bits per heavy atom. The van der Waals surface area contributed by atoms with Crippen molar-refractivity contribution in [2.75, 3.05) is 6.61 Å². The molecule has 40 heavy (non-hydrogen) atoms. The van der Waals surface area contributed by atoms with Gasteiger partial charge in [-0.3, -0.25) is 9.36 Å². The summed E-state index contributed by atoms with van der Waals surface area (Å²) in [5.74, 6) is 1.43. The number of nitrogens with zero attached hydrogens (tertiary/aromatic N) is 3. The molecule has 0 bridgehead atoms. The number of benzene rings is 3. The summed E-state index contributed by atoms with van der Waals surface area (Å²) in [5.41, 5.74) is 5.31. The van der Waals surface area contributed by atoms with Crippen LogP contribution in [0.15, 0.2) is 77.6 Å². The van der Waals surface area contributed by atoms with E-state index in [0.717, 1.165) is 66.0 Å². The maximum absolute atomic E-state index is 14.1. The highest BCUT2D eigenvalue weighted by Gasteiger charge is 2.38. The van der Waals surface area contributed by atoms with Gasteiger partial charge in [0.2, 0.25) is 0 Å². The average molecular weight is 534 g/mol. The number of rotatable bonds is 10. The molecule has 6 heteroatoms. The fourth-order valence-corrected chi connectivity index (χ4v) is 5.39. The molecular weight excluding hydrogens is 498 g/mol. The first kappa shape index (κ1) is 27.4. The zero-order valence-corrected chi connectivity index (χ0v) is 23.2. The van der Waals surface area contributed by atoms with Gasteiger partial charge in [0.15, 0.2) is 0 Å². The molecule has 0 aliphatic heterocycles. The van der Waals surface area contributed by atoms with Crippen molar-refractivity contribution in [3.8, 4) is 28.6 Å². The highest BCUT2D eigenvalue weighted by Crippen LogP contribution is 2.36.